The van der Waals surface area contributed by atoms with Gasteiger partial charge in [0.1, 0.15) is 5.78 Å². The van der Waals surface area contributed by atoms with Gasteiger partial charge in [-0.05, 0) is 37.0 Å². The lowest BCUT2D eigenvalue weighted by molar-refractivity contribution is -0.122. The van der Waals surface area contributed by atoms with Crippen molar-refractivity contribution in [1.82, 2.24) is 10.3 Å². The number of pyridine rings is 1. The quantitative estimate of drug-likeness (QED) is 0.829. The molecule has 16 heavy (non-hydrogen) atoms. The number of ketones is 1. The van der Waals surface area contributed by atoms with E-state index in [1.165, 1.54) is 12.8 Å². The summed E-state index contributed by atoms with van der Waals surface area (Å²) in [4.78, 5) is 16.1. The van der Waals surface area contributed by atoms with Crippen molar-refractivity contribution in [2.45, 2.75) is 37.8 Å². The molecule has 3 heterocycles. The summed E-state index contributed by atoms with van der Waals surface area (Å²) in [6.45, 7) is 0. The van der Waals surface area contributed by atoms with E-state index in [-0.39, 0.29) is 5.92 Å². The first-order valence-electron chi connectivity index (χ1n) is 6.00. The largest absolute Gasteiger partial charge is 0.310 e. The van der Waals surface area contributed by atoms with E-state index in [1.54, 1.807) is 12.4 Å². The van der Waals surface area contributed by atoms with Crippen LogP contribution in [0.5, 0.6) is 0 Å². The van der Waals surface area contributed by atoms with Crippen LogP contribution in [0.3, 0.4) is 0 Å². The van der Waals surface area contributed by atoms with Crippen LogP contribution in [0.1, 0.15) is 24.8 Å². The van der Waals surface area contributed by atoms with Crippen LogP contribution < -0.4 is 5.32 Å². The Hall–Kier alpha value is -1.22. The van der Waals surface area contributed by atoms with Gasteiger partial charge in [0.2, 0.25) is 0 Å². The third-order valence-electron chi connectivity index (χ3n) is 3.84. The van der Waals surface area contributed by atoms with Crippen molar-refractivity contribution in [3.05, 3.63) is 30.1 Å². The lowest BCUT2D eigenvalue weighted by Gasteiger charge is -2.18. The molecule has 2 bridgehead atoms. The van der Waals surface area contributed by atoms with Crippen LogP contribution in [0.25, 0.3) is 0 Å². The van der Waals surface area contributed by atoms with Crippen molar-refractivity contribution in [2.75, 3.05) is 0 Å². The predicted molar refractivity (Wildman–Crippen MR) is 61.0 cm³/mol. The number of carbonyl (C=O) groups excluding carboxylic acids is 1. The molecule has 0 amide bonds. The zero-order valence-corrected chi connectivity index (χ0v) is 9.23. The number of Topliss-reactive ketones (excluding diaryl/α,β-unsaturated/α-hetero) is 1. The molecule has 84 valence electrons. The molecule has 2 aliphatic heterocycles. The van der Waals surface area contributed by atoms with Gasteiger partial charge in [-0.1, -0.05) is 0 Å². The zero-order valence-electron chi connectivity index (χ0n) is 9.23. The zero-order chi connectivity index (χ0) is 11.0. The fourth-order valence-corrected chi connectivity index (χ4v) is 3.01. The van der Waals surface area contributed by atoms with E-state index in [1.807, 2.05) is 12.1 Å². The normalized spacial score (nSPS) is 31.9. The smallest absolute Gasteiger partial charge is 0.141 e. The number of aromatic nitrogens is 1. The fraction of sp³-hybridized carbons (Fsp3) is 0.538. The molecule has 1 aromatic heterocycles. The third kappa shape index (κ3) is 1.76. The van der Waals surface area contributed by atoms with Gasteiger partial charge in [-0.15, -0.1) is 0 Å². The summed E-state index contributed by atoms with van der Waals surface area (Å²) in [6, 6.07) is 4.92. The Kier molecular flexibility index (Phi) is 2.48. The molecule has 0 saturated carbocycles. The van der Waals surface area contributed by atoms with Crippen LogP contribution in [0.4, 0.5) is 0 Å². The summed E-state index contributed by atoms with van der Waals surface area (Å²) in [5, 5.41) is 3.51. The Morgan fingerprint density at radius 3 is 2.81 bits per heavy atom. The number of hydrogen-bond donors (Lipinski definition) is 1. The van der Waals surface area contributed by atoms with E-state index >= 15 is 0 Å². The molecule has 1 N–H and O–H groups in total. The van der Waals surface area contributed by atoms with Crippen LogP contribution in [0.15, 0.2) is 24.5 Å². The second kappa shape index (κ2) is 3.98. The van der Waals surface area contributed by atoms with E-state index in [9.17, 15) is 4.79 Å². The van der Waals surface area contributed by atoms with Gasteiger partial charge < -0.3 is 5.32 Å². The molecule has 0 radical (unpaired) electrons. The van der Waals surface area contributed by atoms with Crippen LogP contribution in [0.2, 0.25) is 0 Å². The Morgan fingerprint density at radius 1 is 1.38 bits per heavy atom. The minimum absolute atomic E-state index is 0.256. The molecule has 0 spiro atoms. The second-order valence-electron chi connectivity index (χ2n) is 4.89. The topological polar surface area (TPSA) is 42.0 Å². The summed E-state index contributed by atoms with van der Waals surface area (Å²) in [7, 11) is 0. The van der Waals surface area contributed by atoms with Crippen molar-refractivity contribution in [1.29, 1.82) is 0 Å². The van der Waals surface area contributed by atoms with Crippen molar-refractivity contribution in [2.24, 2.45) is 5.92 Å². The second-order valence-corrected chi connectivity index (χ2v) is 4.89. The molecule has 0 aliphatic carbocycles. The van der Waals surface area contributed by atoms with Crippen molar-refractivity contribution in [3.8, 4) is 0 Å². The number of fused-ring (bicyclic) bond motifs is 2. The van der Waals surface area contributed by atoms with Crippen LogP contribution in [0, 0.1) is 5.92 Å². The minimum atomic E-state index is 0.256. The highest BCUT2D eigenvalue weighted by Crippen LogP contribution is 2.34. The molecule has 2 saturated heterocycles. The highest BCUT2D eigenvalue weighted by Gasteiger charge is 2.42. The molecule has 3 unspecified atom stereocenters. The minimum Gasteiger partial charge on any atom is -0.310 e. The van der Waals surface area contributed by atoms with Gasteiger partial charge in [-0.3, -0.25) is 9.78 Å². The van der Waals surface area contributed by atoms with Crippen LogP contribution in [-0.4, -0.2) is 22.9 Å². The first kappa shape index (κ1) is 9.97. The van der Waals surface area contributed by atoms with Crippen LogP contribution in [-0.2, 0) is 11.2 Å². The Bertz CT molecular complexity index is 390. The Labute approximate surface area is 95.3 Å². The molecule has 3 rings (SSSR count). The molecule has 3 heteroatoms. The van der Waals surface area contributed by atoms with Gasteiger partial charge in [-0.25, -0.2) is 0 Å². The summed E-state index contributed by atoms with van der Waals surface area (Å²) < 4.78 is 0. The van der Waals surface area contributed by atoms with Crippen molar-refractivity contribution >= 4 is 5.78 Å². The summed E-state index contributed by atoms with van der Waals surface area (Å²) in [5.41, 5.74) is 1.09. The monoisotopic (exact) mass is 216 g/mol. The molecule has 2 fully saturated rings. The fourth-order valence-electron chi connectivity index (χ4n) is 3.01. The summed E-state index contributed by atoms with van der Waals surface area (Å²) in [6.07, 6.45) is 7.55. The average molecular weight is 216 g/mol. The van der Waals surface area contributed by atoms with Gasteiger partial charge >= 0.3 is 0 Å². The SMILES string of the molecule is O=C(Cc1ccncc1)C1CC2CCC1N2. The maximum Gasteiger partial charge on any atom is 0.141 e. The Morgan fingerprint density at radius 2 is 2.19 bits per heavy atom. The van der Waals surface area contributed by atoms with Gasteiger partial charge in [0.05, 0.1) is 0 Å². The number of nitrogens with zero attached hydrogens (tertiary/aromatic N) is 1. The van der Waals surface area contributed by atoms with E-state index in [0.717, 1.165) is 12.0 Å². The summed E-state index contributed by atoms with van der Waals surface area (Å²) >= 11 is 0. The lowest BCUT2D eigenvalue weighted by Crippen LogP contribution is -2.29. The number of carbonyl (C=O) groups is 1. The predicted octanol–water partition coefficient (Wildman–Crippen LogP) is 1.33. The number of nitrogens with one attached hydrogen (secondary N) is 1. The maximum atomic E-state index is 12.1. The molecule has 2 aliphatic rings. The van der Waals surface area contributed by atoms with E-state index in [0.29, 0.717) is 24.3 Å². The molecule has 3 atom stereocenters. The molecule has 3 nitrogen and oxygen atoms in total. The van der Waals surface area contributed by atoms with Gasteiger partial charge in [-0.2, -0.15) is 0 Å². The molecule has 0 aromatic carbocycles. The first-order chi connectivity index (χ1) is 7.83. The highest BCUT2D eigenvalue weighted by atomic mass is 16.1. The van der Waals surface area contributed by atoms with Crippen molar-refractivity contribution in [3.63, 3.8) is 0 Å². The summed E-state index contributed by atoms with van der Waals surface area (Å²) in [5.74, 6) is 0.651. The van der Waals surface area contributed by atoms with Gasteiger partial charge in [0.15, 0.2) is 0 Å². The number of rotatable bonds is 3. The lowest BCUT2D eigenvalue weighted by atomic mass is 9.84. The third-order valence-corrected chi connectivity index (χ3v) is 3.84. The molecular formula is C13H16N2O. The number of hydrogen-bond acceptors (Lipinski definition) is 3. The highest BCUT2D eigenvalue weighted by molar-refractivity contribution is 5.84. The van der Waals surface area contributed by atoms with Crippen molar-refractivity contribution < 1.29 is 4.79 Å². The standard InChI is InChI=1S/C13H16N2O/c16-13(7-9-3-5-14-6-4-9)11-8-10-1-2-12(11)15-10/h3-6,10-12,15H,1-2,7-8H2. The van der Waals surface area contributed by atoms with E-state index in [4.69, 9.17) is 0 Å². The first-order valence-corrected chi connectivity index (χ1v) is 6.00. The van der Waals surface area contributed by atoms with Crippen LogP contribution >= 0.6 is 0 Å². The van der Waals surface area contributed by atoms with Gasteiger partial charge in [0.25, 0.3) is 0 Å². The average Bonchev–Trinajstić information content (AvgIpc) is 2.92. The maximum absolute atomic E-state index is 12.1. The van der Waals surface area contributed by atoms with E-state index < -0.39 is 0 Å². The Balaban J connectivity index is 1.66. The van der Waals surface area contributed by atoms with Gasteiger partial charge in [0, 0.05) is 36.8 Å². The molecular weight excluding hydrogens is 200 g/mol. The molecule has 1 aromatic rings. The van der Waals surface area contributed by atoms with E-state index in [2.05, 4.69) is 10.3 Å².